The maximum Gasteiger partial charge on any atom is 0.321 e. The molecule has 2 heterocycles. The molecule has 0 radical (unpaired) electrons. The van der Waals surface area contributed by atoms with Crippen molar-refractivity contribution in [2.24, 2.45) is 0 Å². The summed E-state index contributed by atoms with van der Waals surface area (Å²) in [5, 5.41) is 7.29. The Morgan fingerprint density at radius 3 is 2.82 bits per heavy atom. The Bertz CT molecular complexity index is 619. The number of hydrogen-bond donors (Lipinski definition) is 1. The first-order valence-electron chi connectivity index (χ1n) is 7.48. The van der Waals surface area contributed by atoms with E-state index in [0.29, 0.717) is 5.92 Å². The monoisotopic (exact) mass is 316 g/mol. The maximum atomic E-state index is 12.3. The lowest BCUT2D eigenvalue weighted by molar-refractivity contribution is 0.194. The van der Waals surface area contributed by atoms with E-state index in [0.717, 1.165) is 37.4 Å². The highest BCUT2D eigenvalue weighted by atomic mass is 32.1. The summed E-state index contributed by atoms with van der Waals surface area (Å²) < 4.78 is 5.17. The maximum absolute atomic E-state index is 12.3. The smallest absolute Gasteiger partial charge is 0.321 e. The molecule has 3 rings (SSSR count). The van der Waals surface area contributed by atoms with Crippen LogP contribution in [0.4, 0.5) is 10.5 Å². The van der Waals surface area contributed by atoms with Gasteiger partial charge in [0.25, 0.3) is 0 Å². The lowest BCUT2D eigenvalue weighted by atomic mass is 9.91. The number of methoxy groups -OCH3 is 1. The average molecular weight is 316 g/mol. The van der Waals surface area contributed by atoms with Crippen LogP contribution < -0.4 is 10.1 Å². The normalized spacial score (nSPS) is 15.6. The summed E-state index contributed by atoms with van der Waals surface area (Å²) in [5.41, 5.74) is 2.18. The second kappa shape index (κ2) is 6.83. The number of ether oxygens (including phenoxy) is 1. The summed E-state index contributed by atoms with van der Waals surface area (Å²) in [6, 6.07) is 9.60. The van der Waals surface area contributed by atoms with Crippen LogP contribution in [0, 0.1) is 0 Å². The van der Waals surface area contributed by atoms with Crippen molar-refractivity contribution in [2.75, 3.05) is 25.5 Å². The largest absolute Gasteiger partial charge is 0.497 e. The van der Waals surface area contributed by atoms with Crippen LogP contribution in [-0.4, -0.2) is 31.1 Å². The third-order valence-electron chi connectivity index (χ3n) is 4.12. The molecule has 1 aliphatic rings. The van der Waals surface area contributed by atoms with Crippen LogP contribution in [0.2, 0.25) is 0 Å². The third-order valence-corrected chi connectivity index (χ3v) is 4.82. The van der Waals surface area contributed by atoms with Crippen LogP contribution in [0.1, 0.15) is 24.3 Å². The van der Waals surface area contributed by atoms with E-state index in [9.17, 15) is 4.79 Å². The Hall–Kier alpha value is -2.01. The van der Waals surface area contributed by atoms with E-state index < -0.39 is 0 Å². The van der Waals surface area contributed by atoms with Crippen LogP contribution in [0.15, 0.2) is 41.1 Å². The summed E-state index contributed by atoms with van der Waals surface area (Å²) in [6.45, 7) is 1.60. The first-order chi connectivity index (χ1) is 10.8. The first kappa shape index (κ1) is 14.9. The third kappa shape index (κ3) is 3.42. The molecule has 2 amide bonds. The van der Waals surface area contributed by atoms with Crippen LogP contribution in [0.3, 0.4) is 0 Å². The van der Waals surface area contributed by atoms with Gasteiger partial charge in [0.15, 0.2) is 0 Å². The number of amides is 2. The van der Waals surface area contributed by atoms with Gasteiger partial charge in [-0.1, -0.05) is 6.07 Å². The summed E-state index contributed by atoms with van der Waals surface area (Å²) in [5.74, 6) is 1.33. The van der Waals surface area contributed by atoms with Crippen molar-refractivity contribution < 1.29 is 9.53 Å². The van der Waals surface area contributed by atoms with E-state index in [1.807, 2.05) is 29.2 Å². The number of benzene rings is 1. The number of carbonyl (C=O) groups is 1. The summed E-state index contributed by atoms with van der Waals surface area (Å²) in [7, 11) is 1.62. The lowest BCUT2D eigenvalue weighted by Gasteiger charge is -2.31. The predicted octanol–water partition coefficient (Wildman–Crippen LogP) is 4.17. The average Bonchev–Trinajstić information content (AvgIpc) is 3.09. The van der Waals surface area contributed by atoms with Gasteiger partial charge in [-0.25, -0.2) is 4.79 Å². The highest BCUT2D eigenvalue weighted by Crippen LogP contribution is 2.29. The number of nitrogens with one attached hydrogen (secondary N) is 1. The molecule has 1 aromatic heterocycles. The van der Waals surface area contributed by atoms with E-state index in [2.05, 4.69) is 22.1 Å². The van der Waals surface area contributed by atoms with Crippen LogP contribution >= 0.6 is 11.3 Å². The minimum atomic E-state index is -0.0305. The summed E-state index contributed by atoms with van der Waals surface area (Å²) >= 11 is 1.74. The molecule has 4 nitrogen and oxygen atoms in total. The summed E-state index contributed by atoms with van der Waals surface area (Å²) in [4.78, 5) is 14.2. The van der Waals surface area contributed by atoms with Crippen LogP contribution in [0.5, 0.6) is 5.75 Å². The van der Waals surface area contributed by atoms with Gasteiger partial charge in [0.1, 0.15) is 5.75 Å². The van der Waals surface area contributed by atoms with Gasteiger partial charge in [-0.15, -0.1) is 0 Å². The number of urea groups is 1. The minimum Gasteiger partial charge on any atom is -0.497 e. The zero-order valence-electron chi connectivity index (χ0n) is 12.6. The minimum absolute atomic E-state index is 0.0305. The van der Waals surface area contributed by atoms with E-state index in [1.54, 1.807) is 18.4 Å². The molecular formula is C17H20N2O2S. The molecule has 0 aliphatic carbocycles. The Kier molecular flexibility index (Phi) is 4.63. The number of rotatable bonds is 3. The fourth-order valence-electron chi connectivity index (χ4n) is 2.83. The Morgan fingerprint density at radius 2 is 2.14 bits per heavy atom. The van der Waals surface area contributed by atoms with E-state index in [4.69, 9.17) is 4.74 Å². The number of anilines is 1. The van der Waals surface area contributed by atoms with E-state index in [1.165, 1.54) is 5.56 Å². The standard InChI is InChI=1S/C17H20N2O2S/c1-21-16-4-2-3-15(11-16)18-17(20)19-8-5-13(6-9-19)14-7-10-22-12-14/h2-4,7,10-13H,5-6,8-9H2,1H3,(H,18,20). The molecule has 116 valence electrons. The number of hydrogen-bond acceptors (Lipinski definition) is 3. The lowest BCUT2D eigenvalue weighted by Crippen LogP contribution is -2.40. The Balaban J connectivity index is 1.55. The van der Waals surface area contributed by atoms with E-state index in [-0.39, 0.29) is 6.03 Å². The van der Waals surface area contributed by atoms with Crippen LogP contribution in [0.25, 0.3) is 0 Å². The fourth-order valence-corrected chi connectivity index (χ4v) is 3.57. The highest BCUT2D eigenvalue weighted by Gasteiger charge is 2.24. The van der Waals surface area contributed by atoms with Gasteiger partial charge in [0.05, 0.1) is 7.11 Å². The zero-order chi connectivity index (χ0) is 15.4. The molecule has 1 fully saturated rings. The highest BCUT2D eigenvalue weighted by molar-refractivity contribution is 7.07. The molecule has 0 saturated carbocycles. The van der Waals surface area contributed by atoms with Gasteiger partial charge in [-0.3, -0.25) is 0 Å². The first-order valence-corrected chi connectivity index (χ1v) is 8.42. The molecule has 0 bridgehead atoms. The second-order valence-electron chi connectivity index (χ2n) is 5.48. The molecule has 5 heteroatoms. The van der Waals surface area contributed by atoms with Gasteiger partial charge in [-0.05, 0) is 53.3 Å². The van der Waals surface area contributed by atoms with Gasteiger partial charge in [0, 0.05) is 24.8 Å². The molecule has 1 N–H and O–H groups in total. The molecule has 2 aromatic rings. The zero-order valence-corrected chi connectivity index (χ0v) is 13.4. The molecule has 0 atom stereocenters. The van der Waals surface area contributed by atoms with Gasteiger partial charge >= 0.3 is 6.03 Å². The number of carbonyl (C=O) groups excluding carboxylic acids is 1. The van der Waals surface area contributed by atoms with Crippen molar-refractivity contribution in [2.45, 2.75) is 18.8 Å². The molecule has 0 spiro atoms. The van der Waals surface area contributed by atoms with Crippen molar-refractivity contribution in [1.29, 1.82) is 0 Å². The molecule has 0 unspecified atom stereocenters. The summed E-state index contributed by atoms with van der Waals surface area (Å²) in [6.07, 6.45) is 2.06. The van der Waals surface area contributed by atoms with Gasteiger partial charge < -0.3 is 15.0 Å². The Morgan fingerprint density at radius 1 is 1.32 bits per heavy atom. The number of piperidine rings is 1. The molecule has 1 saturated heterocycles. The van der Waals surface area contributed by atoms with Crippen molar-refractivity contribution in [1.82, 2.24) is 4.90 Å². The fraction of sp³-hybridized carbons (Fsp3) is 0.353. The van der Waals surface area contributed by atoms with Crippen molar-refractivity contribution in [3.05, 3.63) is 46.7 Å². The van der Waals surface area contributed by atoms with Crippen LogP contribution in [-0.2, 0) is 0 Å². The van der Waals surface area contributed by atoms with Crippen molar-refractivity contribution in [3.8, 4) is 5.75 Å². The quantitative estimate of drug-likeness (QED) is 0.923. The number of likely N-dealkylation sites (tertiary alicyclic amines) is 1. The molecule has 1 aliphatic heterocycles. The number of thiophene rings is 1. The van der Waals surface area contributed by atoms with Gasteiger partial charge in [0.2, 0.25) is 0 Å². The van der Waals surface area contributed by atoms with Gasteiger partial charge in [-0.2, -0.15) is 11.3 Å². The number of nitrogens with zero attached hydrogens (tertiary/aromatic N) is 1. The second-order valence-corrected chi connectivity index (χ2v) is 6.26. The molecule has 22 heavy (non-hydrogen) atoms. The topological polar surface area (TPSA) is 41.6 Å². The molecule has 1 aromatic carbocycles. The molecular weight excluding hydrogens is 296 g/mol. The Labute approximate surface area is 134 Å². The van der Waals surface area contributed by atoms with E-state index >= 15 is 0 Å². The predicted molar refractivity (Wildman–Crippen MR) is 89.9 cm³/mol. The van der Waals surface area contributed by atoms with Crippen molar-refractivity contribution in [3.63, 3.8) is 0 Å². The SMILES string of the molecule is COc1cccc(NC(=O)N2CCC(c3ccsc3)CC2)c1. The van der Waals surface area contributed by atoms with Crippen molar-refractivity contribution >= 4 is 23.1 Å².